The van der Waals surface area contributed by atoms with E-state index in [4.69, 9.17) is 0 Å². The van der Waals surface area contributed by atoms with E-state index in [1.807, 2.05) is 0 Å². The van der Waals surface area contributed by atoms with Gasteiger partial charge < -0.3 is 4.90 Å². The van der Waals surface area contributed by atoms with Crippen LogP contribution in [0.2, 0.25) is 0 Å². The number of fused-ring (bicyclic) bond motifs is 1. The summed E-state index contributed by atoms with van der Waals surface area (Å²) in [5.74, 6) is -1.45. The van der Waals surface area contributed by atoms with Crippen molar-refractivity contribution in [2.75, 3.05) is 18.5 Å². The summed E-state index contributed by atoms with van der Waals surface area (Å²) in [6.07, 6.45) is 2.55. The van der Waals surface area contributed by atoms with Crippen LogP contribution in [0, 0.1) is 11.7 Å². The number of carbonyl (C=O) groups excluding carboxylic acids is 2. The van der Waals surface area contributed by atoms with Crippen molar-refractivity contribution < 1.29 is 14.0 Å². The molecule has 2 amide bonds. The minimum Gasteiger partial charge on any atom is -0.338 e. The normalized spacial score (nSPS) is 16.6. The number of piperidine rings is 1. The van der Waals surface area contributed by atoms with Crippen molar-refractivity contribution >= 4 is 22.7 Å². The Morgan fingerprint density at radius 1 is 1.10 bits per heavy atom. The Kier molecular flexibility index (Phi) is 5.07. The van der Waals surface area contributed by atoms with Crippen LogP contribution in [0.25, 0.3) is 10.9 Å². The van der Waals surface area contributed by atoms with E-state index in [1.165, 1.54) is 30.6 Å². The molecule has 2 heterocycles. The average Bonchev–Trinajstić information content (AvgIpc) is 2.76. The van der Waals surface area contributed by atoms with Crippen LogP contribution in [0.15, 0.2) is 59.7 Å². The summed E-state index contributed by atoms with van der Waals surface area (Å²) in [5, 5.41) is 0.409. The molecule has 148 valence electrons. The highest BCUT2D eigenvalue weighted by Crippen LogP contribution is 2.19. The summed E-state index contributed by atoms with van der Waals surface area (Å²) in [6, 6.07) is 12.2. The first kappa shape index (κ1) is 18.8. The smallest absolute Gasteiger partial charge is 0.280 e. The van der Waals surface area contributed by atoms with Gasteiger partial charge in [-0.15, -0.1) is 0 Å². The van der Waals surface area contributed by atoms with E-state index < -0.39 is 11.7 Å². The molecule has 1 N–H and O–H groups in total. The Bertz CT molecular complexity index is 1130. The van der Waals surface area contributed by atoms with Crippen molar-refractivity contribution in [3.63, 3.8) is 0 Å². The third kappa shape index (κ3) is 3.87. The van der Waals surface area contributed by atoms with E-state index in [0.29, 0.717) is 35.9 Å². The minimum absolute atomic E-state index is 0.234. The molecule has 8 heteroatoms. The van der Waals surface area contributed by atoms with Gasteiger partial charge in [-0.1, -0.05) is 12.1 Å². The maximum atomic E-state index is 13.1. The van der Waals surface area contributed by atoms with Gasteiger partial charge >= 0.3 is 0 Å². The Morgan fingerprint density at radius 2 is 1.86 bits per heavy atom. The first-order valence-electron chi connectivity index (χ1n) is 9.35. The van der Waals surface area contributed by atoms with E-state index >= 15 is 0 Å². The molecule has 2 aromatic carbocycles. The van der Waals surface area contributed by atoms with Crippen molar-refractivity contribution in [3.05, 3.63) is 76.6 Å². The molecule has 0 bridgehead atoms. The Labute approximate surface area is 165 Å². The van der Waals surface area contributed by atoms with Gasteiger partial charge in [0.15, 0.2) is 0 Å². The number of amides is 2. The lowest BCUT2D eigenvalue weighted by Crippen LogP contribution is -2.46. The highest BCUT2D eigenvalue weighted by Gasteiger charge is 2.29. The molecule has 4 rings (SSSR count). The molecule has 1 saturated heterocycles. The fourth-order valence-electron chi connectivity index (χ4n) is 3.51. The Balaban J connectivity index is 1.48. The predicted molar refractivity (Wildman–Crippen MR) is 105 cm³/mol. The molecule has 0 saturated carbocycles. The topological polar surface area (TPSA) is 84.3 Å². The number of hydrogen-bond acceptors (Lipinski definition) is 4. The minimum atomic E-state index is -0.452. The molecule has 1 fully saturated rings. The highest BCUT2D eigenvalue weighted by atomic mass is 19.1. The second kappa shape index (κ2) is 7.83. The van der Waals surface area contributed by atoms with Gasteiger partial charge in [0.2, 0.25) is 5.91 Å². The van der Waals surface area contributed by atoms with Crippen LogP contribution in [-0.2, 0) is 4.79 Å². The third-order valence-corrected chi connectivity index (χ3v) is 5.07. The van der Waals surface area contributed by atoms with Crippen molar-refractivity contribution in [2.24, 2.45) is 5.92 Å². The average molecular weight is 394 g/mol. The second-order valence-electron chi connectivity index (χ2n) is 7.01. The summed E-state index contributed by atoms with van der Waals surface area (Å²) < 4.78 is 14.2. The van der Waals surface area contributed by atoms with Gasteiger partial charge in [0.05, 0.1) is 16.8 Å². The van der Waals surface area contributed by atoms with Crippen LogP contribution in [0.5, 0.6) is 0 Å². The van der Waals surface area contributed by atoms with Crippen LogP contribution in [-0.4, -0.2) is 39.5 Å². The highest BCUT2D eigenvalue weighted by molar-refractivity contribution is 5.95. The number of hydrogen-bond donors (Lipinski definition) is 1. The summed E-state index contributed by atoms with van der Waals surface area (Å²) >= 11 is 0. The fourth-order valence-corrected chi connectivity index (χ4v) is 3.51. The SMILES string of the molecule is O=C(Nn1cnc2ccccc2c1=O)[C@@H]1CCCN(C(=O)c2ccc(F)cc2)C1. The van der Waals surface area contributed by atoms with Crippen LogP contribution in [0.3, 0.4) is 0 Å². The van der Waals surface area contributed by atoms with Crippen LogP contribution < -0.4 is 11.0 Å². The van der Waals surface area contributed by atoms with E-state index in [-0.39, 0.29) is 23.9 Å². The molecular weight excluding hydrogens is 375 g/mol. The number of halogens is 1. The first-order chi connectivity index (χ1) is 14.0. The molecule has 0 spiro atoms. The van der Waals surface area contributed by atoms with Crippen LogP contribution in [0.4, 0.5) is 4.39 Å². The number of nitrogens with one attached hydrogen (secondary N) is 1. The van der Waals surface area contributed by atoms with Gasteiger partial charge in [-0.05, 0) is 49.2 Å². The molecule has 1 aliphatic heterocycles. The van der Waals surface area contributed by atoms with Crippen molar-refractivity contribution in [3.8, 4) is 0 Å². The van der Waals surface area contributed by atoms with Crippen molar-refractivity contribution in [1.82, 2.24) is 14.6 Å². The Hall–Kier alpha value is -3.55. The zero-order valence-corrected chi connectivity index (χ0v) is 15.5. The zero-order valence-electron chi connectivity index (χ0n) is 15.5. The summed E-state index contributed by atoms with van der Waals surface area (Å²) in [6.45, 7) is 0.759. The van der Waals surface area contributed by atoms with Gasteiger partial charge in [-0.2, -0.15) is 0 Å². The number of aromatic nitrogens is 2. The van der Waals surface area contributed by atoms with Gasteiger partial charge in [-0.25, -0.2) is 14.1 Å². The monoisotopic (exact) mass is 394 g/mol. The van der Waals surface area contributed by atoms with Crippen LogP contribution >= 0.6 is 0 Å². The zero-order chi connectivity index (χ0) is 20.4. The predicted octanol–water partition coefficient (Wildman–Crippen LogP) is 2.16. The van der Waals surface area contributed by atoms with Gasteiger partial charge in [0.25, 0.3) is 11.5 Å². The maximum Gasteiger partial charge on any atom is 0.280 e. The summed E-state index contributed by atoms with van der Waals surface area (Å²) in [5.41, 5.74) is 3.16. The maximum absolute atomic E-state index is 13.1. The number of rotatable bonds is 3. The van der Waals surface area contributed by atoms with Gasteiger partial charge in [0.1, 0.15) is 12.1 Å². The summed E-state index contributed by atoms with van der Waals surface area (Å²) in [4.78, 5) is 43.7. The molecule has 7 nitrogen and oxygen atoms in total. The molecular formula is C21H19FN4O3. The molecule has 29 heavy (non-hydrogen) atoms. The van der Waals surface area contributed by atoms with Gasteiger partial charge in [0, 0.05) is 18.7 Å². The lowest BCUT2D eigenvalue weighted by atomic mass is 9.96. The standard InChI is InChI=1S/C21H19FN4O3/c22-16-9-7-14(8-10-16)20(28)25-11-3-4-15(12-25)19(27)24-26-13-23-18-6-2-1-5-17(18)21(26)29/h1-2,5-10,13,15H,3-4,11-12H2,(H,24,27)/t15-/m1/s1. The number of benzene rings is 2. The van der Waals surface area contributed by atoms with E-state index in [0.717, 1.165) is 4.68 Å². The molecule has 0 aliphatic carbocycles. The van der Waals surface area contributed by atoms with Crippen LogP contribution in [0.1, 0.15) is 23.2 Å². The molecule has 3 aromatic rings. The quantitative estimate of drug-likeness (QED) is 0.738. The summed E-state index contributed by atoms with van der Waals surface area (Å²) in [7, 11) is 0. The number of nitrogens with zero attached hydrogens (tertiary/aromatic N) is 3. The van der Waals surface area contributed by atoms with E-state index in [2.05, 4.69) is 10.4 Å². The lowest BCUT2D eigenvalue weighted by Gasteiger charge is -2.32. The molecule has 1 aliphatic rings. The Morgan fingerprint density at radius 3 is 2.66 bits per heavy atom. The second-order valence-corrected chi connectivity index (χ2v) is 7.01. The van der Waals surface area contributed by atoms with E-state index in [1.54, 1.807) is 29.2 Å². The molecule has 1 atom stereocenters. The lowest BCUT2D eigenvalue weighted by molar-refractivity contribution is -0.122. The van der Waals surface area contributed by atoms with Crippen molar-refractivity contribution in [1.29, 1.82) is 0 Å². The fraction of sp³-hybridized carbons (Fsp3) is 0.238. The number of likely N-dealkylation sites (tertiary alicyclic amines) is 1. The molecule has 0 radical (unpaired) electrons. The van der Waals surface area contributed by atoms with Gasteiger partial charge in [-0.3, -0.25) is 19.8 Å². The largest absolute Gasteiger partial charge is 0.338 e. The number of carbonyl (C=O) groups is 2. The van der Waals surface area contributed by atoms with Crippen molar-refractivity contribution in [2.45, 2.75) is 12.8 Å². The first-order valence-corrected chi connectivity index (χ1v) is 9.35. The number of para-hydroxylation sites is 1. The molecule has 1 aromatic heterocycles. The van der Waals surface area contributed by atoms with E-state index in [9.17, 15) is 18.8 Å². The molecule has 0 unspecified atom stereocenters. The third-order valence-electron chi connectivity index (χ3n) is 5.07.